The van der Waals surface area contributed by atoms with Gasteiger partial charge in [-0.05, 0) is 116 Å². The van der Waals surface area contributed by atoms with E-state index < -0.39 is 0 Å². The van der Waals surface area contributed by atoms with Gasteiger partial charge >= 0.3 is 0 Å². The summed E-state index contributed by atoms with van der Waals surface area (Å²) < 4.78 is 0. The normalized spacial score (nSPS) is 44.4. The zero-order valence-corrected chi connectivity index (χ0v) is 21.7. The van der Waals surface area contributed by atoms with E-state index in [1.54, 1.807) is 6.42 Å². The summed E-state index contributed by atoms with van der Waals surface area (Å²) in [6.45, 7) is 15.1. The van der Waals surface area contributed by atoms with Gasteiger partial charge in [-0.1, -0.05) is 66.0 Å². The van der Waals surface area contributed by atoms with Crippen LogP contribution < -0.4 is 0 Å². The van der Waals surface area contributed by atoms with Crippen LogP contribution in [-0.4, -0.2) is 11.7 Å². The topological polar surface area (TPSA) is 20.2 Å². The van der Waals surface area contributed by atoms with Crippen molar-refractivity contribution in [1.29, 1.82) is 0 Å². The standard InChI is InChI=1S/C30H52O/c1-21(10-11-22(17-20-31)28(2,3)4)25-14-15-26-24-13-12-23-9-7-8-18-29(23,5)27(24)16-19-30(25,26)6/h17,21,23-27,31H,7-16,18-20H2,1-6H3/t21-,23?,24+,25-,26+,27+,29+,30-/m1/s1. The fourth-order valence-corrected chi connectivity index (χ4v) is 9.75. The summed E-state index contributed by atoms with van der Waals surface area (Å²) in [5.74, 6) is 5.79. The maximum Gasteiger partial charge on any atom is 0.0615 e. The Labute approximate surface area is 193 Å². The van der Waals surface area contributed by atoms with E-state index in [0.29, 0.717) is 10.8 Å². The minimum atomic E-state index is 0.177. The fraction of sp³-hybridized carbons (Fsp3) is 0.933. The molecule has 31 heavy (non-hydrogen) atoms. The SMILES string of the molecule is C[C@H](CCC(=CCO)C(C)(C)C)[C@H]1CC[C@H]2[C@@H]3CCC4CCCC[C@]4(C)[C@H]3CC[C@]12C. The Hall–Kier alpha value is -0.300. The molecule has 178 valence electrons. The van der Waals surface area contributed by atoms with Gasteiger partial charge in [-0.2, -0.15) is 0 Å². The van der Waals surface area contributed by atoms with Crippen LogP contribution >= 0.6 is 0 Å². The third-order valence-electron chi connectivity index (χ3n) is 11.5. The lowest BCUT2D eigenvalue weighted by atomic mass is 9.44. The summed E-state index contributed by atoms with van der Waals surface area (Å²) in [5, 5.41) is 9.51. The summed E-state index contributed by atoms with van der Waals surface area (Å²) in [6, 6.07) is 0. The third kappa shape index (κ3) is 4.20. The van der Waals surface area contributed by atoms with Crippen molar-refractivity contribution in [2.75, 3.05) is 6.61 Å². The minimum Gasteiger partial charge on any atom is -0.392 e. The van der Waals surface area contributed by atoms with Crippen molar-refractivity contribution in [1.82, 2.24) is 0 Å². The summed E-state index contributed by atoms with van der Waals surface area (Å²) in [4.78, 5) is 0. The van der Waals surface area contributed by atoms with Gasteiger partial charge in [0.15, 0.2) is 0 Å². The molecule has 0 saturated heterocycles. The first-order valence-electron chi connectivity index (χ1n) is 13.9. The molecule has 0 radical (unpaired) electrons. The van der Waals surface area contributed by atoms with E-state index >= 15 is 0 Å². The number of hydrogen-bond donors (Lipinski definition) is 1. The number of hydrogen-bond acceptors (Lipinski definition) is 1. The molecule has 8 atom stereocenters. The molecule has 1 nitrogen and oxygen atoms in total. The highest BCUT2D eigenvalue weighted by molar-refractivity contribution is 5.12. The lowest BCUT2D eigenvalue weighted by Gasteiger charge is -2.61. The van der Waals surface area contributed by atoms with Gasteiger partial charge in [0.1, 0.15) is 0 Å². The van der Waals surface area contributed by atoms with Crippen LogP contribution in [0.3, 0.4) is 0 Å². The number of rotatable bonds is 5. The van der Waals surface area contributed by atoms with Crippen molar-refractivity contribution >= 4 is 0 Å². The highest BCUT2D eigenvalue weighted by atomic mass is 16.2. The van der Waals surface area contributed by atoms with E-state index in [0.717, 1.165) is 41.9 Å². The van der Waals surface area contributed by atoms with Crippen LogP contribution in [0.5, 0.6) is 0 Å². The zero-order valence-electron chi connectivity index (χ0n) is 21.7. The molecule has 0 spiro atoms. The summed E-state index contributed by atoms with van der Waals surface area (Å²) >= 11 is 0. The maximum atomic E-state index is 9.51. The molecule has 1 unspecified atom stereocenters. The highest BCUT2D eigenvalue weighted by Crippen LogP contribution is 2.68. The Morgan fingerprint density at radius 2 is 1.68 bits per heavy atom. The Bertz CT molecular complexity index is 656. The number of aliphatic hydroxyl groups is 1. The first-order valence-corrected chi connectivity index (χ1v) is 13.9. The van der Waals surface area contributed by atoms with Crippen molar-refractivity contribution < 1.29 is 5.11 Å². The van der Waals surface area contributed by atoms with Crippen LogP contribution in [0.2, 0.25) is 0 Å². The molecule has 0 heterocycles. The van der Waals surface area contributed by atoms with Gasteiger partial charge in [0.05, 0.1) is 6.61 Å². The minimum absolute atomic E-state index is 0.177. The lowest BCUT2D eigenvalue weighted by Crippen LogP contribution is -2.53. The molecule has 0 aliphatic heterocycles. The van der Waals surface area contributed by atoms with E-state index in [1.165, 1.54) is 69.8 Å². The summed E-state index contributed by atoms with van der Waals surface area (Å²) in [6.07, 6.45) is 19.7. The van der Waals surface area contributed by atoms with Crippen molar-refractivity contribution in [3.63, 3.8) is 0 Å². The molecule has 1 N–H and O–H groups in total. The summed E-state index contributed by atoms with van der Waals surface area (Å²) in [5.41, 5.74) is 2.88. The van der Waals surface area contributed by atoms with Gasteiger partial charge in [0, 0.05) is 0 Å². The van der Waals surface area contributed by atoms with Gasteiger partial charge in [0.25, 0.3) is 0 Å². The van der Waals surface area contributed by atoms with E-state index in [2.05, 4.69) is 47.6 Å². The highest BCUT2D eigenvalue weighted by Gasteiger charge is 2.60. The molecule has 0 bridgehead atoms. The van der Waals surface area contributed by atoms with Crippen molar-refractivity contribution in [2.24, 2.45) is 51.8 Å². The summed E-state index contributed by atoms with van der Waals surface area (Å²) in [7, 11) is 0. The van der Waals surface area contributed by atoms with Crippen molar-refractivity contribution in [2.45, 2.75) is 119 Å². The van der Waals surface area contributed by atoms with Crippen LogP contribution in [0.1, 0.15) is 119 Å². The maximum absolute atomic E-state index is 9.51. The molecule has 1 heteroatoms. The first kappa shape index (κ1) is 23.8. The quantitative estimate of drug-likeness (QED) is 0.436. The third-order valence-corrected chi connectivity index (χ3v) is 11.5. The second kappa shape index (κ2) is 8.81. The first-order chi connectivity index (χ1) is 14.6. The monoisotopic (exact) mass is 428 g/mol. The Balaban J connectivity index is 1.45. The molecule has 4 fully saturated rings. The van der Waals surface area contributed by atoms with Gasteiger partial charge < -0.3 is 5.11 Å². The molecule has 4 aliphatic rings. The average molecular weight is 429 g/mol. The van der Waals surface area contributed by atoms with Gasteiger partial charge in [0.2, 0.25) is 0 Å². The Kier molecular flexibility index (Phi) is 6.78. The zero-order chi connectivity index (χ0) is 22.4. The van der Waals surface area contributed by atoms with Crippen LogP contribution in [0, 0.1) is 51.8 Å². The van der Waals surface area contributed by atoms with Gasteiger partial charge in [-0.15, -0.1) is 0 Å². The second-order valence-corrected chi connectivity index (χ2v) is 13.8. The molecule has 0 aromatic rings. The average Bonchev–Trinajstić information content (AvgIpc) is 3.07. The molecular weight excluding hydrogens is 376 g/mol. The van der Waals surface area contributed by atoms with E-state index in [9.17, 15) is 5.11 Å². The number of aliphatic hydroxyl groups excluding tert-OH is 1. The lowest BCUT2D eigenvalue weighted by molar-refractivity contribution is -0.114. The second-order valence-electron chi connectivity index (χ2n) is 13.8. The molecule has 4 saturated carbocycles. The van der Waals surface area contributed by atoms with E-state index in [1.807, 2.05) is 0 Å². The van der Waals surface area contributed by atoms with Crippen molar-refractivity contribution in [3.8, 4) is 0 Å². The predicted molar refractivity (Wildman–Crippen MR) is 133 cm³/mol. The molecule has 4 rings (SSSR count). The van der Waals surface area contributed by atoms with Gasteiger partial charge in [-0.3, -0.25) is 0 Å². The Morgan fingerprint density at radius 3 is 2.39 bits per heavy atom. The Morgan fingerprint density at radius 1 is 0.935 bits per heavy atom. The number of allylic oxidation sites excluding steroid dienone is 1. The van der Waals surface area contributed by atoms with Crippen LogP contribution in [0.4, 0.5) is 0 Å². The fourth-order valence-electron chi connectivity index (χ4n) is 9.75. The van der Waals surface area contributed by atoms with Crippen LogP contribution in [0.25, 0.3) is 0 Å². The van der Waals surface area contributed by atoms with Crippen molar-refractivity contribution in [3.05, 3.63) is 11.6 Å². The molecule has 0 amide bonds. The number of fused-ring (bicyclic) bond motifs is 5. The molecule has 0 aromatic heterocycles. The van der Waals surface area contributed by atoms with Crippen LogP contribution in [0.15, 0.2) is 11.6 Å². The van der Waals surface area contributed by atoms with Crippen LogP contribution in [-0.2, 0) is 0 Å². The largest absolute Gasteiger partial charge is 0.392 e. The van der Waals surface area contributed by atoms with E-state index in [-0.39, 0.29) is 12.0 Å². The molecular formula is C30H52O. The smallest absolute Gasteiger partial charge is 0.0615 e. The van der Waals surface area contributed by atoms with E-state index in [4.69, 9.17) is 0 Å². The molecule has 4 aliphatic carbocycles. The molecule has 0 aromatic carbocycles. The van der Waals surface area contributed by atoms with Gasteiger partial charge in [-0.25, -0.2) is 0 Å². The predicted octanol–water partition coefficient (Wildman–Crippen LogP) is 8.42.